The van der Waals surface area contributed by atoms with E-state index < -0.39 is 0 Å². The molecule has 3 aromatic rings. The van der Waals surface area contributed by atoms with E-state index in [1.807, 2.05) is 25.2 Å². The van der Waals surface area contributed by atoms with Crippen LogP contribution in [-0.4, -0.2) is 14.5 Å². The van der Waals surface area contributed by atoms with E-state index in [4.69, 9.17) is 5.73 Å². The van der Waals surface area contributed by atoms with Crippen LogP contribution in [0.3, 0.4) is 0 Å². The Hall–Kier alpha value is -1.88. The summed E-state index contributed by atoms with van der Waals surface area (Å²) < 4.78 is 2.06. The Balaban J connectivity index is 2.31. The maximum atomic E-state index is 5.83. The van der Waals surface area contributed by atoms with Crippen molar-refractivity contribution in [3.8, 4) is 10.7 Å². The minimum absolute atomic E-state index is 0.774. The number of aromatic nitrogens is 3. The normalized spacial score (nSPS) is 11.2. The highest BCUT2D eigenvalue weighted by Crippen LogP contribution is 2.34. The molecule has 0 fully saturated rings. The van der Waals surface area contributed by atoms with Crippen molar-refractivity contribution in [2.45, 2.75) is 6.92 Å². The van der Waals surface area contributed by atoms with Crippen LogP contribution in [0.25, 0.3) is 21.9 Å². The minimum Gasteiger partial charge on any atom is -0.391 e. The number of pyridine rings is 1. The average molecular weight is 244 g/mol. The minimum atomic E-state index is 0.774. The number of nitrogens with zero attached hydrogens (tertiary/aromatic N) is 3. The second-order valence-electron chi connectivity index (χ2n) is 4.00. The summed E-state index contributed by atoms with van der Waals surface area (Å²) in [7, 11) is 2.00. The molecule has 5 heteroatoms. The predicted octanol–water partition coefficient (Wildman–Crippen LogP) is 2.59. The summed E-state index contributed by atoms with van der Waals surface area (Å²) in [6.45, 7) is 2.05. The maximum absolute atomic E-state index is 5.83. The second-order valence-corrected chi connectivity index (χ2v) is 5.09. The van der Waals surface area contributed by atoms with Gasteiger partial charge in [-0.15, -0.1) is 11.3 Å². The van der Waals surface area contributed by atoms with Gasteiger partial charge < -0.3 is 10.3 Å². The van der Waals surface area contributed by atoms with Crippen LogP contribution in [0.1, 0.15) is 5.56 Å². The standard InChI is InChI=1S/C12H12N4S/c1-7-6-9(13)17-10(7)12-15-11-8(16(12)2)4-3-5-14-11/h3-6H,13H2,1-2H3. The Morgan fingerprint density at radius 2 is 2.24 bits per heavy atom. The average Bonchev–Trinajstić information content (AvgIpc) is 2.80. The van der Waals surface area contributed by atoms with Crippen molar-refractivity contribution in [1.82, 2.24) is 14.5 Å². The van der Waals surface area contributed by atoms with E-state index >= 15 is 0 Å². The molecule has 0 aliphatic carbocycles. The molecule has 0 aliphatic heterocycles. The summed E-state index contributed by atoms with van der Waals surface area (Å²) >= 11 is 1.56. The molecule has 17 heavy (non-hydrogen) atoms. The second kappa shape index (κ2) is 3.56. The first-order valence-corrected chi connectivity index (χ1v) is 6.12. The SMILES string of the molecule is Cc1cc(N)sc1-c1nc2ncccc2n1C. The zero-order valence-electron chi connectivity index (χ0n) is 9.64. The largest absolute Gasteiger partial charge is 0.391 e. The Morgan fingerprint density at radius 3 is 2.88 bits per heavy atom. The van der Waals surface area contributed by atoms with E-state index in [0.29, 0.717) is 0 Å². The number of hydrogen-bond acceptors (Lipinski definition) is 4. The number of aryl methyl sites for hydroxylation is 2. The number of imidazole rings is 1. The number of rotatable bonds is 1. The molecule has 3 aromatic heterocycles. The molecule has 2 N–H and O–H groups in total. The third-order valence-corrected chi connectivity index (χ3v) is 3.86. The maximum Gasteiger partial charge on any atom is 0.178 e. The van der Waals surface area contributed by atoms with Gasteiger partial charge in [-0.25, -0.2) is 9.97 Å². The summed E-state index contributed by atoms with van der Waals surface area (Å²) in [6, 6.07) is 5.92. The van der Waals surface area contributed by atoms with Crippen molar-refractivity contribution >= 4 is 27.5 Å². The van der Waals surface area contributed by atoms with Gasteiger partial charge in [0.2, 0.25) is 0 Å². The topological polar surface area (TPSA) is 56.7 Å². The molecule has 86 valence electrons. The zero-order valence-corrected chi connectivity index (χ0v) is 10.5. The summed E-state index contributed by atoms with van der Waals surface area (Å²) in [5.41, 5.74) is 8.80. The summed E-state index contributed by atoms with van der Waals surface area (Å²) in [4.78, 5) is 9.94. The van der Waals surface area contributed by atoms with Gasteiger partial charge in [0, 0.05) is 13.2 Å². The van der Waals surface area contributed by atoms with Gasteiger partial charge in [0.1, 0.15) is 0 Å². The first-order chi connectivity index (χ1) is 8.16. The molecule has 0 saturated carbocycles. The van der Waals surface area contributed by atoms with Crippen molar-refractivity contribution in [3.05, 3.63) is 30.0 Å². The monoisotopic (exact) mass is 244 g/mol. The lowest BCUT2D eigenvalue weighted by molar-refractivity contribution is 0.961. The van der Waals surface area contributed by atoms with Crippen LogP contribution < -0.4 is 5.73 Å². The molecule has 3 rings (SSSR count). The molecule has 0 aromatic carbocycles. The van der Waals surface area contributed by atoms with Gasteiger partial charge in [0.25, 0.3) is 0 Å². The van der Waals surface area contributed by atoms with Crippen LogP contribution in [0.2, 0.25) is 0 Å². The van der Waals surface area contributed by atoms with Gasteiger partial charge in [0.15, 0.2) is 11.5 Å². The molecule has 0 unspecified atom stereocenters. The van der Waals surface area contributed by atoms with Crippen molar-refractivity contribution < 1.29 is 0 Å². The molecule has 0 amide bonds. The molecular formula is C12H12N4S. The van der Waals surface area contributed by atoms with Gasteiger partial charge in [0.05, 0.1) is 15.4 Å². The van der Waals surface area contributed by atoms with Gasteiger partial charge in [-0.3, -0.25) is 0 Å². The fraction of sp³-hybridized carbons (Fsp3) is 0.167. The Bertz CT molecular complexity index is 696. The lowest BCUT2D eigenvalue weighted by atomic mass is 10.3. The number of nitrogen functional groups attached to an aromatic ring is 1. The lowest BCUT2D eigenvalue weighted by Gasteiger charge is -2.00. The Kier molecular flexibility index (Phi) is 2.16. The van der Waals surface area contributed by atoms with Crippen molar-refractivity contribution in [2.24, 2.45) is 7.05 Å². The summed E-state index contributed by atoms with van der Waals surface area (Å²) in [5.74, 6) is 0.929. The Morgan fingerprint density at radius 1 is 1.41 bits per heavy atom. The first-order valence-electron chi connectivity index (χ1n) is 5.30. The van der Waals surface area contributed by atoms with E-state index in [0.717, 1.165) is 32.4 Å². The van der Waals surface area contributed by atoms with Crippen molar-refractivity contribution in [3.63, 3.8) is 0 Å². The highest BCUT2D eigenvalue weighted by molar-refractivity contribution is 7.19. The van der Waals surface area contributed by atoms with Gasteiger partial charge in [-0.1, -0.05) is 0 Å². The third kappa shape index (κ3) is 1.51. The van der Waals surface area contributed by atoms with Crippen LogP contribution in [0.15, 0.2) is 24.4 Å². The van der Waals surface area contributed by atoms with Crippen molar-refractivity contribution in [2.75, 3.05) is 5.73 Å². The molecular weight excluding hydrogens is 232 g/mol. The first kappa shape index (κ1) is 10.3. The van der Waals surface area contributed by atoms with E-state index in [1.54, 1.807) is 17.5 Å². The molecule has 0 aliphatic rings. The van der Waals surface area contributed by atoms with E-state index in [1.165, 1.54) is 0 Å². The number of hydrogen-bond donors (Lipinski definition) is 1. The van der Waals surface area contributed by atoms with Gasteiger partial charge >= 0.3 is 0 Å². The van der Waals surface area contributed by atoms with Crippen LogP contribution in [0.5, 0.6) is 0 Å². The van der Waals surface area contributed by atoms with Crippen LogP contribution in [0, 0.1) is 6.92 Å². The van der Waals surface area contributed by atoms with Crippen LogP contribution >= 0.6 is 11.3 Å². The molecule has 0 spiro atoms. The number of thiophene rings is 1. The van der Waals surface area contributed by atoms with Crippen molar-refractivity contribution in [1.29, 1.82) is 0 Å². The molecule has 0 saturated heterocycles. The number of anilines is 1. The van der Waals surface area contributed by atoms with E-state index in [-0.39, 0.29) is 0 Å². The van der Waals surface area contributed by atoms with E-state index in [9.17, 15) is 0 Å². The fourth-order valence-corrected chi connectivity index (χ4v) is 2.92. The van der Waals surface area contributed by atoms with Crippen LogP contribution in [-0.2, 0) is 7.05 Å². The highest BCUT2D eigenvalue weighted by atomic mass is 32.1. The zero-order chi connectivity index (χ0) is 12.0. The Labute approximate surface area is 103 Å². The summed E-state index contributed by atoms with van der Waals surface area (Å²) in [6.07, 6.45) is 1.76. The lowest BCUT2D eigenvalue weighted by Crippen LogP contribution is -1.91. The highest BCUT2D eigenvalue weighted by Gasteiger charge is 2.14. The molecule has 0 radical (unpaired) electrons. The van der Waals surface area contributed by atoms with Gasteiger partial charge in [-0.2, -0.15) is 0 Å². The number of nitrogens with two attached hydrogens (primary N) is 1. The fourth-order valence-electron chi connectivity index (χ4n) is 1.96. The van der Waals surface area contributed by atoms with Crippen LogP contribution in [0.4, 0.5) is 5.00 Å². The van der Waals surface area contributed by atoms with E-state index in [2.05, 4.69) is 21.5 Å². The smallest absolute Gasteiger partial charge is 0.178 e. The number of fused-ring (bicyclic) bond motifs is 1. The molecule has 3 heterocycles. The quantitative estimate of drug-likeness (QED) is 0.715. The molecule has 0 bridgehead atoms. The van der Waals surface area contributed by atoms with Gasteiger partial charge in [-0.05, 0) is 30.7 Å². The molecule has 0 atom stereocenters. The third-order valence-electron chi connectivity index (χ3n) is 2.80. The molecule has 4 nitrogen and oxygen atoms in total. The predicted molar refractivity (Wildman–Crippen MR) is 71.0 cm³/mol. The summed E-state index contributed by atoms with van der Waals surface area (Å²) in [5, 5.41) is 0.817.